The molecule has 0 radical (unpaired) electrons. The highest BCUT2D eigenvalue weighted by atomic mass is 32.2. The lowest BCUT2D eigenvalue weighted by Crippen LogP contribution is -2.47. The normalized spacial score (nSPS) is 20.7. The van der Waals surface area contributed by atoms with E-state index >= 15 is 0 Å². The Morgan fingerprint density at radius 3 is 2.33 bits per heavy atom. The molecule has 0 atom stereocenters. The van der Waals surface area contributed by atoms with Crippen LogP contribution in [0.2, 0.25) is 0 Å². The van der Waals surface area contributed by atoms with Crippen LogP contribution in [0.3, 0.4) is 0 Å². The standard InChI is InChI=1S/C19H27N5O2S/c1-16-20-18-9-4-3-8-17(18)19(21-16)22-10-7-13-24(15-14-22)27(25,26)23-11-5-2-6-12-23/h3-4,8-9H,2,5-7,10-15H2,1H3. The van der Waals surface area contributed by atoms with Gasteiger partial charge in [0.2, 0.25) is 0 Å². The van der Waals surface area contributed by atoms with Gasteiger partial charge in [0.05, 0.1) is 5.52 Å². The lowest BCUT2D eigenvalue weighted by Gasteiger charge is -2.31. The molecule has 0 bridgehead atoms. The highest BCUT2D eigenvalue weighted by Gasteiger charge is 2.32. The van der Waals surface area contributed by atoms with Crippen molar-refractivity contribution in [1.82, 2.24) is 18.6 Å². The molecule has 2 fully saturated rings. The molecule has 0 N–H and O–H groups in total. The smallest absolute Gasteiger partial charge is 0.282 e. The average molecular weight is 390 g/mol. The number of anilines is 1. The molecule has 0 spiro atoms. The summed E-state index contributed by atoms with van der Waals surface area (Å²) < 4.78 is 29.3. The molecule has 1 aromatic heterocycles. The zero-order valence-electron chi connectivity index (χ0n) is 15.8. The zero-order valence-corrected chi connectivity index (χ0v) is 16.7. The molecule has 0 unspecified atom stereocenters. The van der Waals surface area contributed by atoms with Crippen molar-refractivity contribution in [2.24, 2.45) is 0 Å². The molecule has 7 nitrogen and oxygen atoms in total. The van der Waals surface area contributed by atoms with Gasteiger partial charge in [0.1, 0.15) is 11.6 Å². The maximum Gasteiger partial charge on any atom is 0.282 e. The van der Waals surface area contributed by atoms with Crippen molar-refractivity contribution in [3.8, 4) is 0 Å². The average Bonchev–Trinajstić information content (AvgIpc) is 2.95. The summed E-state index contributed by atoms with van der Waals surface area (Å²) in [6, 6.07) is 8.01. The van der Waals surface area contributed by atoms with Crippen LogP contribution in [0.15, 0.2) is 24.3 Å². The van der Waals surface area contributed by atoms with Crippen molar-refractivity contribution in [3.63, 3.8) is 0 Å². The molecule has 27 heavy (non-hydrogen) atoms. The second-order valence-electron chi connectivity index (χ2n) is 7.32. The van der Waals surface area contributed by atoms with Crippen LogP contribution < -0.4 is 4.90 Å². The molecule has 2 aliphatic heterocycles. The van der Waals surface area contributed by atoms with E-state index in [-0.39, 0.29) is 0 Å². The highest BCUT2D eigenvalue weighted by molar-refractivity contribution is 7.86. The molecule has 2 saturated heterocycles. The SMILES string of the molecule is Cc1nc(N2CCCN(S(=O)(=O)N3CCCCC3)CC2)c2ccccc2n1. The number of aryl methyl sites for hydroxylation is 1. The minimum Gasteiger partial charge on any atom is -0.355 e. The van der Waals surface area contributed by atoms with Gasteiger partial charge in [-0.15, -0.1) is 0 Å². The Hall–Kier alpha value is -1.77. The predicted octanol–water partition coefficient (Wildman–Crippen LogP) is 2.18. The summed E-state index contributed by atoms with van der Waals surface area (Å²) in [4.78, 5) is 11.4. The van der Waals surface area contributed by atoms with Crippen LogP contribution >= 0.6 is 0 Å². The van der Waals surface area contributed by atoms with Gasteiger partial charge in [0.15, 0.2) is 0 Å². The summed E-state index contributed by atoms with van der Waals surface area (Å²) >= 11 is 0. The Morgan fingerprint density at radius 1 is 0.815 bits per heavy atom. The van der Waals surface area contributed by atoms with Crippen LogP contribution in [0.1, 0.15) is 31.5 Å². The molecule has 1 aromatic carbocycles. The summed E-state index contributed by atoms with van der Waals surface area (Å²) in [5.74, 6) is 1.65. The van der Waals surface area contributed by atoms with Crippen molar-refractivity contribution >= 4 is 26.9 Å². The van der Waals surface area contributed by atoms with Gasteiger partial charge in [-0.1, -0.05) is 18.6 Å². The van der Waals surface area contributed by atoms with E-state index in [0.717, 1.165) is 54.8 Å². The first-order valence-corrected chi connectivity index (χ1v) is 11.2. The first kappa shape index (κ1) is 18.6. The van der Waals surface area contributed by atoms with E-state index in [1.54, 1.807) is 8.61 Å². The Labute approximate surface area is 161 Å². The van der Waals surface area contributed by atoms with Gasteiger partial charge < -0.3 is 4.90 Å². The van der Waals surface area contributed by atoms with Crippen LogP contribution in [0.4, 0.5) is 5.82 Å². The number of nitrogens with zero attached hydrogens (tertiary/aromatic N) is 5. The first-order valence-electron chi connectivity index (χ1n) is 9.79. The van der Waals surface area contributed by atoms with E-state index in [9.17, 15) is 8.42 Å². The number of piperidine rings is 1. The minimum atomic E-state index is -3.36. The van der Waals surface area contributed by atoms with Crippen LogP contribution in [0.5, 0.6) is 0 Å². The molecule has 4 rings (SSSR count). The lowest BCUT2D eigenvalue weighted by molar-refractivity contribution is 0.307. The van der Waals surface area contributed by atoms with Gasteiger partial charge in [-0.3, -0.25) is 0 Å². The maximum absolute atomic E-state index is 13.0. The Kier molecular flexibility index (Phi) is 5.29. The minimum absolute atomic E-state index is 0.496. The van der Waals surface area contributed by atoms with E-state index in [0.29, 0.717) is 32.7 Å². The fraction of sp³-hybridized carbons (Fsp3) is 0.579. The number of aromatic nitrogens is 2. The van der Waals surface area contributed by atoms with Gasteiger partial charge in [-0.05, 0) is 38.3 Å². The molecule has 8 heteroatoms. The third-order valence-corrected chi connectivity index (χ3v) is 7.45. The van der Waals surface area contributed by atoms with E-state index in [2.05, 4.69) is 14.9 Å². The summed E-state index contributed by atoms with van der Waals surface area (Å²) in [7, 11) is -3.36. The van der Waals surface area contributed by atoms with E-state index in [4.69, 9.17) is 0 Å². The predicted molar refractivity (Wildman–Crippen MR) is 107 cm³/mol. The van der Waals surface area contributed by atoms with Gasteiger partial charge in [0, 0.05) is 44.7 Å². The first-order chi connectivity index (χ1) is 13.1. The summed E-state index contributed by atoms with van der Waals surface area (Å²) in [6.45, 7) is 5.71. The molecule has 0 amide bonds. The lowest BCUT2D eigenvalue weighted by atomic mass is 10.2. The molecule has 2 aliphatic rings. The van der Waals surface area contributed by atoms with E-state index < -0.39 is 10.2 Å². The van der Waals surface area contributed by atoms with Crippen molar-refractivity contribution in [2.75, 3.05) is 44.2 Å². The van der Waals surface area contributed by atoms with Crippen molar-refractivity contribution < 1.29 is 8.42 Å². The number of hydrogen-bond donors (Lipinski definition) is 0. The third-order valence-electron chi connectivity index (χ3n) is 5.42. The topological polar surface area (TPSA) is 69.6 Å². The summed E-state index contributed by atoms with van der Waals surface area (Å²) in [6.07, 6.45) is 3.85. The van der Waals surface area contributed by atoms with E-state index in [1.165, 1.54) is 0 Å². The van der Waals surface area contributed by atoms with E-state index in [1.807, 2.05) is 31.2 Å². The molecular weight excluding hydrogens is 362 g/mol. The Morgan fingerprint density at radius 2 is 1.52 bits per heavy atom. The second-order valence-corrected chi connectivity index (χ2v) is 9.25. The van der Waals surface area contributed by atoms with Crippen LogP contribution in [-0.2, 0) is 10.2 Å². The number of rotatable bonds is 3. The quantitative estimate of drug-likeness (QED) is 0.805. The van der Waals surface area contributed by atoms with Crippen molar-refractivity contribution in [2.45, 2.75) is 32.6 Å². The number of para-hydroxylation sites is 1. The second kappa shape index (κ2) is 7.69. The highest BCUT2D eigenvalue weighted by Crippen LogP contribution is 2.26. The van der Waals surface area contributed by atoms with Crippen LogP contribution in [0, 0.1) is 6.92 Å². The molecular formula is C19H27N5O2S. The van der Waals surface area contributed by atoms with Gasteiger partial charge in [-0.2, -0.15) is 17.0 Å². The number of fused-ring (bicyclic) bond motifs is 1. The molecule has 146 valence electrons. The summed E-state index contributed by atoms with van der Waals surface area (Å²) in [5, 5.41) is 1.02. The van der Waals surface area contributed by atoms with Crippen LogP contribution in [-0.4, -0.2) is 66.3 Å². The fourth-order valence-corrected chi connectivity index (χ4v) is 5.73. The largest absolute Gasteiger partial charge is 0.355 e. The fourth-order valence-electron chi connectivity index (χ4n) is 4.01. The molecule has 0 saturated carbocycles. The van der Waals surface area contributed by atoms with Crippen molar-refractivity contribution in [1.29, 1.82) is 0 Å². The summed E-state index contributed by atoms with van der Waals surface area (Å²) in [5.41, 5.74) is 0.932. The monoisotopic (exact) mass is 389 g/mol. The van der Waals surface area contributed by atoms with Gasteiger partial charge in [-0.25, -0.2) is 9.97 Å². The maximum atomic E-state index is 13.0. The number of hydrogen-bond acceptors (Lipinski definition) is 5. The number of benzene rings is 1. The molecule has 0 aliphatic carbocycles. The molecule has 2 aromatic rings. The molecule has 3 heterocycles. The Bertz CT molecular complexity index is 911. The van der Waals surface area contributed by atoms with Crippen LogP contribution in [0.25, 0.3) is 10.9 Å². The Balaban J connectivity index is 1.56. The zero-order chi connectivity index (χ0) is 18.9. The van der Waals surface area contributed by atoms with Gasteiger partial charge >= 0.3 is 0 Å². The third kappa shape index (κ3) is 3.79. The van der Waals surface area contributed by atoms with Gasteiger partial charge in [0.25, 0.3) is 10.2 Å². The van der Waals surface area contributed by atoms with Crippen molar-refractivity contribution in [3.05, 3.63) is 30.1 Å².